The molecule has 1 spiro atoms. The van der Waals surface area contributed by atoms with Crippen LogP contribution in [-0.4, -0.2) is 29.0 Å². The number of anilines is 1. The van der Waals surface area contributed by atoms with Gasteiger partial charge in [0, 0.05) is 26.2 Å². The summed E-state index contributed by atoms with van der Waals surface area (Å²) < 4.78 is 7.01. The number of hydrogen-bond donors (Lipinski definition) is 0. The predicted octanol–water partition coefficient (Wildman–Crippen LogP) is 4.80. The average Bonchev–Trinajstić information content (AvgIpc) is 3.40. The molecule has 3 atom stereocenters. The number of imide groups is 1. The van der Waals surface area contributed by atoms with Gasteiger partial charge in [0.15, 0.2) is 0 Å². The van der Waals surface area contributed by atoms with E-state index in [0.29, 0.717) is 16.3 Å². The highest BCUT2D eigenvalue weighted by atomic mass is 79.9. The van der Waals surface area contributed by atoms with Crippen molar-refractivity contribution in [2.45, 2.75) is 11.7 Å². The van der Waals surface area contributed by atoms with Gasteiger partial charge >= 0.3 is 0 Å². The number of halogens is 2. The van der Waals surface area contributed by atoms with Crippen molar-refractivity contribution in [3.05, 3.63) is 99.0 Å². The number of amides is 2. The number of carbonyl (C=O) groups excluding carboxylic acids is 4. The van der Waals surface area contributed by atoms with Crippen LogP contribution < -0.4 is 4.90 Å². The second-order valence-electron chi connectivity index (χ2n) is 8.49. The first kappa shape index (κ1) is 21.4. The molecule has 2 saturated heterocycles. The molecule has 6 nitrogen and oxygen atoms in total. The molecule has 0 N–H and O–H groups in total. The van der Waals surface area contributed by atoms with E-state index in [0.717, 1.165) is 9.37 Å². The molecular weight excluding hydrogens is 522 g/mol. The van der Waals surface area contributed by atoms with Crippen LogP contribution in [0.1, 0.15) is 32.4 Å². The van der Waals surface area contributed by atoms with Gasteiger partial charge in [0.05, 0.1) is 23.6 Å². The Hall–Kier alpha value is -3.13. The fourth-order valence-corrected chi connectivity index (χ4v) is 5.86. The summed E-state index contributed by atoms with van der Waals surface area (Å²) in [6.07, 6.45) is -1.04. The number of fused-ring (bicyclic) bond motifs is 3. The lowest BCUT2D eigenvalue weighted by Gasteiger charge is -2.27. The number of carbonyl (C=O) groups is 4. The van der Waals surface area contributed by atoms with Gasteiger partial charge in [-0.3, -0.25) is 19.2 Å². The van der Waals surface area contributed by atoms with Gasteiger partial charge in [-0.05, 0) is 30.3 Å². The summed E-state index contributed by atoms with van der Waals surface area (Å²) in [6.45, 7) is 0. The number of hydrogen-bond acceptors (Lipinski definition) is 5. The lowest BCUT2D eigenvalue weighted by molar-refractivity contribution is -0.127. The van der Waals surface area contributed by atoms with Crippen LogP contribution in [0.2, 0.25) is 5.02 Å². The third-order valence-corrected chi connectivity index (χ3v) is 7.69. The van der Waals surface area contributed by atoms with Gasteiger partial charge in [0.25, 0.3) is 0 Å². The molecule has 34 heavy (non-hydrogen) atoms. The Morgan fingerprint density at radius 3 is 2.00 bits per heavy atom. The summed E-state index contributed by atoms with van der Waals surface area (Å²) in [5.41, 5.74) is -0.932. The molecule has 2 aliphatic heterocycles. The van der Waals surface area contributed by atoms with Crippen molar-refractivity contribution in [2.24, 2.45) is 11.8 Å². The van der Waals surface area contributed by atoms with Crippen LogP contribution in [0.15, 0.2) is 77.3 Å². The molecule has 6 rings (SSSR count). The van der Waals surface area contributed by atoms with E-state index < -0.39 is 46.9 Å². The quantitative estimate of drug-likeness (QED) is 0.347. The number of nitrogens with zero attached hydrogens (tertiary/aromatic N) is 1. The molecule has 168 valence electrons. The minimum atomic E-state index is -2.12. The smallest absolute Gasteiger partial charge is 0.241 e. The van der Waals surface area contributed by atoms with E-state index in [2.05, 4.69) is 15.9 Å². The zero-order chi connectivity index (χ0) is 23.8. The summed E-state index contributed by atoms with van der Waals surface area (Å²) in [4.78, 5) is 56.0. The van der Waals surface area contributed by atoms with E-state index in [1.165, 1.54) is 0 Å². The number of ketones is 2. The Morgan fingerprint density at radius 2 is 1.38 bits per heavy atom. The van der Waals surface area contributed by atoms with Crippen LogP contribution in [0.5, 0.6) is 0 Å². The first-order chi connectivity index (χ1) is 16.4. The predicted molar refractivity (Wildman–Crippen MR) is 127 cm³/mol. The number of ether oxygens (including phenoxy) is 1. The van der Waals surface area contributed by atoms with Crippen molar-refractivity contribution in [3.63, 3.8) is 0 Å². The van der Waals surface area contributed by atoms with Gasteiger partial charge in [0.1, 0.15) is 0 Å². The van der Waals surface area contributed by atoms with E-state index in [-0.39, 0.29) is 11.1 Å². The normalized spacial score (nSPS) is 24.8. The molecule has 3 aromatic carbocycles. The van der Waals surface area contributed by atoms with Crippen LogP contribution in [0.4, 0.5) is 5.69 Å². The van der Waals surface area contributed by atoms with Crippen molar-refractivity contribution >= 4 is 56.6 Å². The van der Waals surface area contributed by atoms with Crippen LogP contribution in [0.25, 0.3) is 0 Å². The highest BCUT2D eigenvalue weighted by Gasteiger charge is 2.74. The van der Waals surface area contributed by atoms with Crippen LogP contribution in [0.3, 0.4) is 0 Å². The van der Waals surface area contributed by atoms with E-state index in [1.54, 1.807) is 72.8 Å². The minimum absolute atomic E-state index is 0.188. The van der Waals surface area contributed by atoms with E-state index >= 15 is 0 Å². The van der Waals surface area contributed by atoms with Gasteiger partial charge in [-0.2, -0.15) is 0 Å². The van der Waals surface area contributed by atoms with Crippen molar-refractivity contribution in [2.75, 3.05) is 4.90 Å². The fraction of sp³-hybridized carbons (Fsp3) is 0.154. The maximum absolute atomic E-state index is 13.8. The summed E-state index contributed by atoms with van der Waals surface area (Å²) in [5.74, 6) is -4.76. The standard InChI is InChI=1S/C26H15BrClNO5/c27-13-9-11-14(12-10-13)29-24(32)19-20(25(29)33)26(34-21(19)17-7-3-4-8-18(17)28)22(30)15-5-1-2-6-16(15)23(26)31/h1-12,19-21H/t19-,20+,21-/m0/s1. The molecule has 2 amide bonds. The lowest BCUT2D eigenvalue weighted by Crippen LogP contribution is -2.51. The molecule has 0 aromatic heterocycles. The first-order valence-electron chi connectivity index (χ1n) is 10.6. The topological polar surface area (TPSA) is 80.8 Å². The highest BCUT2D eigenvalue weighted by Crippen LogP contribution is 2.58. The Morgan fingerprint density at radius 1 is 0.794 bits per heavy atom. The molecule has 0 saturated carbocycles. The van der Waals surface area contributed by atoms with E-state index in [4.69, 9.17) is 16.3 Å². The molecule has 3 aliphatic rings. The molecule has 0 radical (unpaired) electrons. The first-order valence-corrected chi connectivity index (χ1v) is 11.8. The fourth-order valence-electron chi connectivity index (χ4n) is 5.35. The van der Waals surface area contributed by atoms with Crippen LogP contribution in [-0.2, 0) is 14.3 Å². The van der Waals surface area contributed by atoms with Gasteiger partial charge in [-0.15, -0.1) is 0 Å². The largest absolute Gasteiger partial charge is 0.349 e. The SMILES string of the molecule is O=C1[C@@H]2[C@H](c3ccccc3Cl)OC3(C(=O)c4ccccc4C3=O)[C@H]2C(=O)N1c1ccc(Br)cc1. The third-order valence-electron chi connectivity index (χ3n) is 6.82. The van der Waals surface area contributed by atoms with Gasteiger partial charge in [-0.25, -0.2) is 4.90 Å². The van der Waals surface area contributed by atoms with Gasteiger partial charge in [-0.1, -0.05) is 70.0 Å². The monoisotopic (exact) mass is 535 g/mol. The number of Topliss-reactive ketones (excluding diaryl/α,β-unsaturated/α-hetero) is 2. The molecule has 0 unspecified atom stereocenters. The van der Waals surface area contributed by atoms with Gasteiger partial charge in [0.2, 0.25) is 29.0 Å². The summed E-state index contributed by atoms with van der Waals surface area (Å²) in [6, 6.07) is 19.8. The molecule has 2 fully saturated rings. The maximum atomic E-state index is 13.8. The van der Waals surface area contributed by atoms with Gasteiger partial charge < -0.3 is 4.74 Å². The molecule has 8 heteroatoms. The zero-order valence-electron chi connectivity index (χ0n) is 17.4. The third kappa shape index (κ3) is 2.66. The Balaban J connectivity index is 1.56. The summed E-state index contributed by atoms with van der Waals surface area (Å²) in [7, 11) is 0. The Bertz CT molecular complexity index is 1380. The Kier molecular flexibility index (Phi) is 4.68. The highest BCUT2D eigenvalue weighted by molar-refractivity contribution is 9.10. The molecule has 3 aromatic rings. The van der Waals surface area contributed by atoms with Crippen molar-refractivity contribution in [1.29, 1.82) is 0 Å². The lowest BCUT2D eigenvalue weighted by atomic mass is 9.77. The van der Waals surface area contributed by atoms with Crippen molar-refractivity contribution in [3.8, 4) is 0 Å². The summed E-state index contributed by atoms with van der Waals surface area (Å²) in [5, 5.41) is 0.320. The molecular formula is C26H15BrClNO5. The zero-order valence-corrected chi connectivity index (χ0v) is 19.7. The van der Waals surface area contributed by atoms with E-state index in [1.807, 2.05) is 0 Å². The van der Waals surface area contributed by atoms with E-state index in [9.17, 15) is 19.2 Å². The van der Waals surface area contributed by atoms with Crippen molar-refractivity contribution < 1.29 is 23.9 Å². The second-order valence-corrected chi connectivity index (χ2v) is 9.81. The number of rotatable bonds is 2. The molecule has 2 heterocycles. The minimum Gasteiger partial charge on any atom is -0.349 e. The summed E-state index contributed by atoms with van der Waals surface area (Å²) >= 11 is 9.79. The second kappa shape index (κ2) is 7.43. The van der Waals surface area contributed by atoms with Crippen LogP contribution in [0, 0.1) is 11.8 Å². The molecule has 0 bridgehead atoms. The average molecular weight is 537 g/mol. The van der Waals surface area contributed by atoms with Crippen LogP contribution >= 0.6 is 27.5 Å². The Labute approximate surface area is 207 Å². The van der Waals surface area contributed by atoms with Crippen molar-refractivity contribution in [1.82, 2.24) is 0 Å². The maximum Gasteiger partial charge on any atom is 0.241 e. The number of benzene rings is 3. The molecule has 1 aliphatic carbocycles.